The molecule has 0 bridgehead atoms. The van der Waals surface area contributed by atoms with Crippen molar-refractivity contribution in [2.24, 2.45) is 4.99 Å². The van der Waals surface area contributed by atoms with E-state index < -0.39 is 0 Å². The van der Waals surface area contributed by atoms with E-state index in [1.54, 1.807) is 0 Å². The summed E-state index contributed by atoms with van der Waals surface area (Å²) in [6.45, 7) is 8.48. The summed E-state index contributed by atoms with van der Waals surface area (Å²) in [4.78, 5) is 12.2. The monoisotopic (exact) mass is 337 g/mol. The zero-order chi connectivity index (χ0) is 17.6. The Morgan fingerprint density at radius 3 is 2.88 bits per heavy atom. The van der Waals surface area contributed by atoms with Gasteiger partial charge >= 0.3 is 0 Å². The standard InChI is InChI=1S/C22H31N3/c1-4-25(16-20-18(3)14-17(2)15-24-20)21-12-7-5-6-10-19-11-8-9-13-23-22(19)21/h9,11,13-15,21H,4-8,10,12,16H2,1-3H3. The lowest BCUT2D eigenvalue weighted by Gasteiger charge is -2.34. The summed E-state index contributed by atoms with van der Waals surface area (Å²) in [5.41, 5.74) is 6.51. The van der Waals surface area contributed by atoms with Gasteiger partial charge in [-0.05, 0) is 62.8 Å². The second-order valence-corrected chi connectivity index (χ2v) is 7.32. The molecule has 1 aliphatic carbocycles. The van der Waals surface area contributed by atoms with E-state index in [-0.39, 0.29) is 0 Å². The van der Waals surface area contributed by atoms with Gasteiger partial charge in [0.15, 0.2) is 0 Å². The van der Waals surface area contributed by atoms with Crippen LogP contribution in [0.5, 0.6) is 0 Å². The van der Waals surface area contributed by atoms with E-state index in [0.717, 1.165) is 19.5 Å². The van der Waals surface area contributed by atoms with Gasteiger partial charge in [0.05, 0.1) is 17.4 Å². The highest BCUT2D eigenvalue weighted by Gasteiger charge is 2.27. The van der Waals surface area contributed by atoms with E-state index in [1.165, 1.54) is 60.2 Å². The van der Waals surface area contributed by atoms with Crippen LogP contribution in [-0.4, -0.2) is 28.2 Å². The maximum absolute atomic E-state index is 4.88. The van der Waals surface area contributed by atoms with Crippen molar-refractivity contribution < 1.29 is 0 Å². The van der Waals surface area contributed by atoms with Gasteiger partial charge in [0.25, 0.3) is 0 Å². The molecule has 3 rings (SSSR count). The average Bonchev–Trinajstić information content (AvgIpc) is 2.81. The van der Waals surface area contributed by atoms with Crippen molar-refractivity contribution in [1.29, 1.82) is 0 Å². The molecule has 134 valence electrons. The molecule has 1 unspecified atom stereocenters. The van der Waals surface area contributed by atoms with Gasteiger partial charge in [-0.2, -0.15) is 0 Å². The number of pyridine rings is 1. The van der Waals surface area contributed by atoms with Crippen LogP contribution in [0.2, 0.25) is 0 Å². The lowest BCUT2D eigenvalue weighted by molar-refractivity contribution is 0.227. The third-order valence-electron chi connectivity index (χ3n) is 5.41. The number of hydrogen-bond donors (Lipinski definition) is 0. The normalized spacial score (nSPS) is 21.0. The molecule has 0 radical (unpaired) electrons. The molecule has 3 heteroatoms. The molecule has 0 saturated heterocycles. The van der Waals surface area contributed by atoms with Crippen LogP contribution in [-0.2, 0) is 6.54 Å². The highest BCUT2D eigenvalue weighted by molar-refractivity contribution is 6.04. The maximum atomic E-state index is 4.88. The van der Waals surface area contributed by atoms with Crippen LogP contribution >= 0.6 is 0 Å². The molecule has 1 aliphatic heterocycles. The first-order chi connectivity index (χ1) is 12.2. The minimum atomic E-state index is 0.404. The summed E-state index contributed by atoms with van der Waals surface area (Å²) in [6.07, 6.45) is 15.9. The number of aliphatic imine (C=N–C) groups is 1. The third kappa shape index (κ3) is 4.46. The van der Waals surface area contributed by atoms with E-state index in [0.29, 0.717) is 6.04 Å². The minimum Gasteiger partial charge on any atom is -0.289 e. The van der Waals surface area contributed by atoms with E-state index in [4.69, 9.17) is 9.98 Å². The highest BCUT2D eigenvalue weighted by Crippen LogP contribution is 2.27. The average molecular weight is 338 g/mol. The molecule has 1 atom stereocenters. The Hall–Kier alpha value is -1.74. The van der Waals surface area contributed by atoms with Crippen LogP contribution in [0.15, 0.2) is 41.2 Å². The molecule has 2 heterocycles. The van der Waals surface area contributed by atoms with Gasteiger partial charge in [0, 0.05) is 18.9 Å². The van der Waals surface area contributed by atoms with Gasteiger partial charge in [0.2, 0.25) is 0 Å². The number of nitrogens with zero attached hydrogens (tertiary/aromatic N) is 3. The molecule has 3 nitrogen and oxygen atoms in total. The fourth-order valence-electron chi connectivity index (χ4n) is 3.99. The second-order valence-electron chi connectivity index (χ2n) is 7.32. The molecule has 1 saturated carbocycles. The zero-order valence-electron chi connectivity index (χ0n) is 16.0. The largest absolute Gasteiger partial charge is 0.289 e. The van der Waals surface area contributed by atoms with Crippen LogP contribution in [0, 0.1) is 13.8 Å². The first-order valence-electron chi connectivity index (χ1n) is 9.77. The molecule has 0 aromatic carbocycles. The summed E-state index contributed by atoms with van der Waals surface area (Å²) < 4.78 is 0. The van der Waals surface area contributed by atoms with Crippen molar-refractivity contribution in [3.05, 3.63) is 53.0 Å². The predicted octanol–water partition coefficient (Wildman–Crippen LogP) is 5.14. The molecular weight excluding hydrogens is 306 g/mol. The Balaban J connectivity index is 1.88. The molecular formula is C22H31N3. The topological polar surface area (TPSA) is 28.5 Å². The molecule has 25 heavy (non-hydrogen) atoms. The van der Waals surface area contributed by atoms with E-state index in [2.05, 4.69) is 43.9 Å². The fraction of sp³-hybridized carbons (Fsp3) is 0.545. The number of hydrogen-bond acceptors (Lipinski definition) is 3. The van der Waals surface area contributed by atoms with Gasteiger partial charge in [-0.25, -0.2) is 0 Å². The molecule has 1 aromatic heterocycles. The summed E-state index contributed by atoms with van der Waals surface area (Å²) in [5, 5.41) is 0. The van der Waals surface area contributed by atoms with E-state index in [1.807, 2.05) is 12.4 Å². The Morgan fingerprint density at radius 2 is 2.08 bits per heavy atom. The number of rotatable bonds is 4. The van der Waals surface area contributed by atoms with Gasteiger partial charge < -0.3 is 0 Å². The zero-order valence-corrected chi connectivity index (χ0v) is 16.0. The van der Waals surface area contributed by atoms with Crippen LogP contribution in [0.3, 0.4) is 0 Å². The minimum absolute atomic E-state index is 0.404. The quantitative estimate of drug-likeness (QED) is 0.761. The first kappa shape index (κ1) is 18.1. The first-order valence-corrected chi connectivity index (χ1v) is 9.77. The van der Waals surface area contributed by atoms with Crippen LogP contribution < -0.4 is 0 Å². The van der Waals surface area contributed by atoms with Crippen molar-refractivity contribution in [3.63, 3.8) is 0 Å². The second kappa shape index (κ2) is 8.57. The molecule has 0 spiro atoms. The van der Waals surface area contributed by atoms with Crippen LogP contribution in [0.4, 0.5) is 0 Å². The van der Waals surface area contributed by atoms with Crippen molar-refractivity contribution >= 4 is 5.71 Å². The Labute approximate surface area is 152 Å². The number of aryl methyl sites for hydroxylation is 2. The summed E-state index contributed by atoms with van der Waals surface area (Å²) in [6, 6.07) is 2.65. The Kier molecular flexibility index (Phi) is 6.19. The summed E-state index contributed by atoms with van der Waals surface area (Å²) >= 11 is 0. The van der Waals surface area contributed by atoms with E-state index >= 15 is 0 Å². The fourth-order valence-corrected chi connectivity index (χ4v) is 3.99. The molecule has 2 aliphatic rings. The van der Waals surface area contributed by atoms with Crippen LogP contribution in [0.25, 0.3) is 0 Å². The van der Waals surface area contributed by atoms with Crippen LogP contribution in [0.1, 0.15) is 62.3 Å². The number of allylic oxidation sites excluding steroid dienone is 2. The van der Waals surface area contributed by atoms with E-state index in [9.17, 15) is 0 Å². The van der Waals surface area contributed by atoms with Crippen molar-refractivity contribution in [1.82, 2.24) is 9.88 Å². The Morgan fingerprint density at radius 1 is 1.20 bits per heavy atom. The van der Waals surface area contributed by atoms with Crippen molar-refractivity contribution in [2.45, 2.75) is 71.9 Å². The molecule has 1 aromatic rings. The maximum Gasteiger partial charge on any atom is 0.0604 e. The smallest absolute Gasteiger partial charge is 0.0604 e. The third-order valence-corrected chi connectivity index (χ3v) is 5.41. The number of aromatic nitrogens is 1. The molecule has 0 N–H and O–H groups in total. The van der Waals surface area contributed by atoms with Gasteiger partial charge in [-0.15, -0.1) is 0 Å². The van der Waals surface area contributed by atoms with Gasteiger partial charge in [-0.3, -0.25) is 14.9 Å². The number of fused-ring (bicyclic) bond motifs is 1. The molecule has 0 amide bonds. The highest BCUT2D eigenvalue weighted by atomic mass is 15.2. The lowest BCUT2D eigenvalue weighted by Crippen LogP contribution is -2.42. The summed E-state index contributed by atoms with van der Waals surface area (Å²) in [5.74, 6) is 0. The predicted molar refractivity (Wildman–Crippen MR) is 106 cm³/mol. The summed E-state index contributed by atoms with van der Waals surface area (Å²) in [7, 11) is 0. The van der Waals surface area contributed by atoms with Gasteiger partial charge in [0.1, 0.15) is 0 Å². The molecule has 1 fully saturated rings. The van der Waals surface area contributed by atoms with Crippen molar-refractivity contribution in [2.75, 3.05) is 6.54 Å². The SMILES string of the molecule is CCN(Cc1ncc(C)cc1C)C1CCCCCC2=CCC=CN=C21. The van der Waals surface area contributed by atoms with Crippen molar-refractivity contribution in [3.8, 4) is 0 Å². The Bertz CT molecular complexity index is 685. The lowest BCUT2D eigenvalue weighted by atomic mass is 9.89. The van der Waals surface area contributed by atoms with Gasteiger partial charge in [-0.1, -0.05) is 38.0 Å².